The Kier molecular flexibility index (Phi) is 7.13. The molecule has 2 aromatic rings. The van der Waals surface area contributed by atoms with Crippen molar-refractivity contribution >= 4 is 23.4 Å². The fourth-order valence-corrected chi connectivity index (χ4v) is 3.27. The zero-order chi connectivity index (χ0) is 21.5. The van der Waals surface area contributed by atoms with E-state index >= 15 is 0 Å². The maximum atomic E-state index is 12.9. The van der Waals surface area contributed by atoms with Crippen LogP contribution in [-0.4, -0.2) is 66.3 Å². The van der Waals surface area contributed by atoms with E-state index in [0.29, 0.717) is 37.4 Å². The van der Waals surface area contributed by atoms with Crippen molar-refractivity contribution in [2.24, 2.45) is 0 Å². The van der Waals surface area contributed by atoms with E-state index in [2.05, 4.69) is 10.6 Å². The summed E-state index contributed by atoms with van der Waals surface area (Å²) in [5, 5.41) is 5.46. The lowest BCUT2D eigenvalue weighted by Crippen LogP contribution is -2.55. The van der Waals surface area contributed by atoms with Crippen molar-refractivity contribution in [2.75, 3.05) is 38.0 Å². The van der Waals surface area contributed by atoms with Crippen LogP contribution in [0.2, 0.25) is 0 Å². The lowest BCUT2D eigenvalue weighted by molar-refractivity contribution is -0.134. The normalized spacial score (nSPS) is 15.3. The molecule has 0 aromatic heterocycles. The molecular formula is C22H25FN4O3. The zero-order valence-corrected chi connectivity index (χ0v) is 16.8. The van der Waals surface area contributed by atoms with Crippen LogP contribution in [0.25, 0.3) is 0 Å². The van der Waals surface area contributed by atoms with E-state index in [4.69, 9.17) is 0 Å². The Bertz CT molecular complexity index is 881. The van der Waals surface area contributed by atoms with E-state index in [9.17, 15) is 18.8 Å². The number of amides is 3. The molecule has 1 aliphatic heterocycles. The van der Waals surface area contributed by atoms with E-state index < -0.39 is 6.04 Å². The van der Waals surface area contributed by atoms with E-state index in [1.54, 1.807) is 36.1 Å². The lowest BCUT2D eigenvalue weighted by atomic mass is 10.2. The minimum atomic E-state index is -0.633. The second-order valence-corrected chi connectivity index (χ2v) is 7.22. The molecule has 1 fully saturated rings. The van der Waals surface area contributed by atoms with Crippen LogP contribution >= 0.6 is 0 Å². The van der Waals surface area contributed by atoms with Crippen LogP contribution in [-0.2, 0) is 9.59 Å². The van der Waals surface area contributed by atoms with Gasteiger partial charge in [0.05, 0.1) is 6.54 Å². The highest BCUT2D eigenvalue weighted by molar-refractivity contribution is 5.97. The molecule has 0 spiro atoms. The van der Waals surface area contributed by atoms with Gasteiger partial charge in [0.25, 0.3) is 5.91 Å². The SMILES string of the molecule is CC(NC(=O)c1ccccc1)C(=O)N1CCN(CC(=O)Nc2ccc(F)cc2)CC1. The van der Waals surface area contributed by atoms with Crippen molar-refractivity contribution in [2.45, 2.75) is 13.0 Å². The number of hydrogen-bond donors (Lipinski definition) is 2. The summed E-state index contributed by atoms with van der Waals surface area (Å²) in [5.74, 6) is -0.977. The van der Waals surface area contributed by atoms with Gasteiger partial charge < -0.3 is 15.5 Å². The number of nitrogens with zero attached hydrogens (tertiary/aromatic N) is 2. The Hall–Kier alpha value is -3.26. The zero-order valence-electron chi connectivity index (χ0n) is 16.8. The average Bonchev–Trinajstić information content (AvgIpc) is 2.76. The van der Waals surface area contributed by atoms with Gasteiger partial charge in [-0.3, -0.25) is 19.3 Å². The van der Waals surface area contributed by atoms with Gasteiger partial charge in [0.1, 0.15) is 11.9 Å². The first-order valence-corrected chi connectivity index (χ1v) is 9.85. The highest BCUT2D eigenvalue weighted by Crippen LogP contribution is 2.09. The smallest absolute Gasteiger partial charge is 0.251 e. The van der Waals surface area contributed by atoms with Gasteiger partial charge in [0.2, 0.25) is 11.8 Å². The molecule has 3 amide bonds. The third-order valence-electron chi connectivity index (χ3n) is 4.93. The molecule has 7 nitrogen and oxygen atoms in total. The third-order valence-corrected chi connectivity index (χ3v) is 4.93. The fraction of sp³-hybridized carbons (Fsp3) is 0.318. The van der Waals surface area contributed by atoms with Crippen LogP contribution in [0.1, 0.15) is 17.3 Å². The molecule has 0 aliphatic carbocycles. The Morgan fingerprint density at radius 3 is 2.23 bits per heavy atom. The van der Waals surface area contributed by atoms with Crippen molar-refractivity contribution in [3.05, 3.63) is 66.0 Å². The van der Waals surface area contributed by atoms with Crippen LogP contribution in [0.5, 0.6) is 0 Å². The lowest BCUT2D eigenvalue weighted by Gasteiger charge is -2.35. The summed E-state index contributed by atoms with van der Waals surface area (Å²) in [7, 11) is 0. The van der Waals surface area contributed by atoms with Crippen molar-refractivity contribution in [3.8, 4) is 0 Å². The third kappa shape index (κ3) is 5.87. The Morgan fingerprint density at radius 2 is 1.60 bits per heavy atom. The summed E-state index contributed by atoms with van der Waals surface area (Å²) in [5.41, 5.74) is 1.05. The van der Waals surface area contributed by atoms with Crippen molar-refractivity contribution in [1.29, 1.82) is 0 Å². The number of anilines is 1. The minimum absolute atomic E-state index is 0.144. The number of piperazine rings is 1. The fourth-order valence-electron chi connectivity index (χ4n) is 3.27. The molecule has 1 aliphatic rings. The minimum Gasteiger partial charge on any atom is -0.341 e. The van der Waals surface area contributed by atoms with Gasteiger partial charge in [-0.25, -0.2) is 4.39 Å². The molecule has 8 heteroatoms. The second kappa shape index (κ2) is 9.98. The number of hydrogen-bond acceptors (Lipinski definition) is 4. The molecule has 158 valence electrons. The second-order valence-electron chi connectivity index (χ2n) is 7.22. The van der Waals surface area contributed by atoms with E-state index in [1.807, 2.05) is 11.0 Å². The molecule has 0 radical (unpaired) electrons. The maximum absolute atomic E-state index is 12.9. The first-order chi connectivity index (χ1) is 14.4. The summed E-state index contributed by atoms with van der Waals surface area (Å²) in [6, 6.07) is 13.7. The van der Waals surface area contributed by atoms with Crippen LogP contribution in [0, 0.1) is 5.82 Å². The Labute approximate surface area is 174 Å². The van der Waals surface area contributed by atoms with Gasteiger partial charge in [-0.05, 0) is 43.3 Å². The maximum Gasteiger partial charge on any atom is 0.251 e. The quantitative estimate of drug-likeness (QED) is 0.757. The molecule has 0 saturated carbocycles. The van der Waals surface area contributed by atoms with Gasteiger partial charge in [0.15, 0.2) is 0 Å². The van der Waals surface area contributed by atoms with Crippen LogP contribution in [0.3, 0.4) is 0 Å². The summed E-state index contributed by atoms with van der Waals surface area (Å²) >= 11 is 0. The Morgan fingerprint density at radius 1 is 0.967 bits per heavy atom. The number of halogens is 1. The van der Waals surface area contributed by atoms with Crippen LogP contribution in [0.4, 0.5) is 10.1 Å². The average molecular weight is 412 g/mol. The summed E-state index contributed by atoms with van der Waals surface area (Å²) < 4.78 is 12.9. The van der Waals surface area contributed by atoms with E-state index in [-0.39, 0.29) is 30.1 Å². The largest absolute Gasteiger partial charge is 0.341 e. The number of nitrogens with one attached hydrogen (secondary N) is 2. The topological polar surface area (TPSA) is 81.8 Å². The van der Waals surface area contributed by atoms with Crippen LogP contribution < -0.4 is 10.6 Å². The van der Waals surface area contributed by atoms with Crippen LogP contribution in [0.15, 0.2) is 54.6 Å². The van der Waals surface area contributed by atoms with Gasteiger partial charge in [-0.15, -0.1) is 0 Å². The molecule has 3 rings (SSSR count). The molecular weight excluding hydrogens is 387 g/mol. The Balaban J connectivity index is 1.42. The molecule has 2 N–H and O–H groups in total. The first-order valence-electron chi connectivity index (χ1n) is 9.85. The molecule has 1 atom stereocenters. The van der Waals surface area contributed by atoms with Gasteiger partial charge in [-0.1, -0.05) is 18.2 Å². The van der Waals surface area contributed by atoms with Crippen molar-refractivity contribution < 1.29 is 18.8 Å². The van der Waals surface area contributed by atoms with Crippen molar-refractivity contribution in [1.82, 2.24) is 15.1 Å². The van der Waals surface area contributed by atoms with Gasteiger partial charge in [-0.2, -0.15) is 0 Å². The summed E-state index contributed by atoms with van der Waals surface area (Å²) in [6.45, 7) is 3.94. The molecule has 1 heterocycles. The molecule has 1 unspecified atom stereocenters. The standard InChI is InChI=1S/C22H25FN4O3/c1-16(24-21(29)17-5-3-2-4-6-17)22(30)27-13-11-26(12-14-27)15-20(28)25-19-9-7-18(23)8-10-19/h2-10,16H,11-15H2,1H3,(H,24,29)(H,25,28). The molecule has 0 bridgehead atoms. The predicted octanol–water partition coefficient (Wildman–Crippen LogP) is 1.73. The highest BCUT2D eigenvalue weighted by Gasteiger charge is 2.26. The van der Waals surface area contributed by atoms with E-state index in [1.165, 1.54) is 24.3 Å². The number of carbonyl (C=O) groups is 3. The van der Waals surface area contributed by atoms with Crippen molar-refractivity contribution in [3.63, 3.8) is 0 Å². The number of carbonyl (C=O) groups excluding carboxylic acids is 3. The summed E-state index contributed by atoms with van der Waals surface area (Å²) in [4.78, 5) is 40.7. The van der Waals surface area contributed by atoms with E-state index in [0.717, 1.165) is 0 Å². The molecule has 2 aromatic carbocycles. The number of benzene rings is 2. The first kappa shape index (κ1) is 21.4. The van der Waals surface area contributed by atoms with Gasteiger partial charge in [0, 0.05) is 37.4 Å². The predicted molar refractivity (Wildman–Crippen MR) is 111 cm³/mol. The monoisotopic (exact) mass is 412 g/mol. The number of rotatable bonds is 6. The summed E-state index contributed by atoms with van der Waals surface area (Å²) in [6.07, 6.45) is 0. The highest BCUT2D eigenvalue weighted by atomic mass is 19.1. The molecule has 1 saturated heterocycles. The molecule has 30 heavy (non-hydrogen) atoms. The van der Waals surface area contributed by atoms with Gasteiger partial charge >= 0.3 is 0 Å².